The number of unbranched alkanes of at least 4 members (excludes halogenated alkanes) is 4. The second-order valence-corrected chi connectivity index (χ2v) is 11.2. The molecule has 0 spiro atoms. The maximum absolute atomic E-state index is 12.2. The van der Waals surface area contributed by atoms with Crippen LogP contribution in [0.2, 0.25) is 0 Å². The number of nitrogens with one attached hydrogen (secondary N) is 2. The Morgan fingerprint density at radius 3 is 1.37 bits per heavy atom. The minimum absolute atomic E-state index is 0.143. The van der Waals surface area contributed by atoms with Gasteiger partial charge in [0.15, 0.2) is 23.0 Å². The second kappa shape index (κ2) is 20.6. The molecule has 0 fully saturated rings. The van der Waals surface area contributed by atoms with Crippen molar-refractivity contribution in [2.75, 3.05) is 14.2 Å². The highest BCUT2D eigenvalue weighted by Crippen LogP contribution is 2.29. The molecule has 4 aromatic carbocycles. The van der Waals surface area contributed by atoms with Crippen LogP contribution in [0, 0.1) is 0 Å². The molecule has 0 aliphatic heterocycles. The molecule has 0 aromatic heterocycles. The van der Waals surface area contributed by atoms with E-state index in [9.17, 15) is 9.59 Å². The molecule has 4 aromatic rings. The Bertz CT molecular complexity index is 1540. The zero-order chi connectivity index (χ0) is 34.5. The van der Waals surface area contributed by atoms with Crippen molar-refractivity contribution in [3.8, 4) is 23.0 Å². The normalized spacial score (nSPS) is 11.0. The number of hydrogen-bond donors (Lipinski definition) is 2. The Balaban J connectivity index is 1.05. The average Bonchev–Trinajstić information content (AvgIpc) is 3.14. The van der Waals surface area contributed by atoms with Gasteiger partial charge in [-0.05, 0) is 71.5 Å². The Kier molecular flexibility index (Phi) is 15.2. The van der Waals surface area contributed by atoms with Crippen molar-refractivity contribution in [1.82, 2.24) is 10.9 Å². The van der Waals surface area contributed by atoms with Gasteiger partial charge in [-0.15, -0.1) is 0 Å². The van der Waals surface area contributed by atoms with Crippen LogP contribution in [0.4, 0.5) is 0 Å². The summed E-state index contributed by atoms with van der Waals surface area (Å²) in [7, 11) is 3.17. The van der Waals surface area contributed by atoms with E-state index < -0.39 is 0 Å². The summed E-state index contributed by atoms with van der Waals surface area (Å²) < 4.78 is 22.7. The van der Waals surface area contributed by atoms with Gasteiger partial charge in [0.25, 0.3) is 0 Å². The van der Waals surface area contributed by atoms with Gasteiger partial charge in [-0.1, -0.05) is 79.9 Å². The first-order valence-corrected chi connectivity index (χ1v) is 16.4. The molecular weight excluding hydrogens is 620 g/mol. The van der Waals surface area contributed by atoms with Crippen molar-refractivity contribution in [1.29, 1.82) is 0 Å². The predicted octanol–water partition coefficient (Wildman–Crippen LogP) is 7.19. The van der Waals surface area contributed by atoms with Crippen molar-refractivity contribution >= 4 is 24.2 Å². The Morgan fingerprint density at radius 2 is 0.959 bits per heavy atom. The summed E-state index contributed by atoms with van der Waals surface area (Å²) in [6, 6.07) is 30.8. The fraction of sp³-hybridized carbons (Fsp3) is 0.282. The lowest BCUT2D eigenvalue weighted by Gasteiger charge is -2.11. The van der Waals surface area contributed by atoms with Gasteiger partial charge in [0.1, 0.15) is 13.2 Å². The zero-order valence-electron chi connectivity index (χ0n) is 28.1. The highest BCUT2D eigenvalue weighted by Gasteiger charge is 2.08. The number of carbonyl (C=O) groups excluding carboxylic acids is 2. The Labute approximate surface area is 288 Å². The van der Waals surface area contributed by atoms with Crippen molar-refractivity contribution in [2.45, 2.75) is 58.2 Å². The molecule has 0 aliphatic rings. The largest absolute Gasteiger partial charge is 0.493 e. The second-order valence-electron chi connectivity index (χ2n) is 11.2. The molecule has 10 heteroatoms. The number of carbonyl (C=O) groups is 2. The topological polar surface area (TPSA) is 120 Å². The van der Waals surface area contributed by atoms with E-state index in [1.807, 2.05) is 97.1 Å². The highest BCUT2D eigenvalue weighted by molar-refractivity contribution is 5.84. The molecule has 10 nitrogen and oxygen atoms in total. The fourth-order valence-electron chi connectivity index (χ4n) is 4.81. The number of amides is 2. The number of benzene rings is 4. The molecule has 0 heterocycles. The molecule has 0 saturated heterocycles. The lowest BCUT2D eigenvalue weighted by atomic mass is 10.1. The average molecular weight is 665 g/mol. The third-order valence-corrected chi connectivity index (χ3v) is 7.46. The highest BCUT2D eigenvalue weighted by atomic mass is 16.5. The third kappa shape index (κ3) is 13.2. The van der Waals surface area contributed by atoms with Crippen LogP contribution in [0.25, 0.3) is 0 Å². The predicted molar refractivity (Wildman–Crippen MR) is 191 cm³/mol. The van der Waals surface area contributed by atoms with Crippen molar-refractivity contribution < 1.29 is 28.5 Å². The Hall–Kier alpha value is -5.64. The van der Waals surface area contributed by atoms with E-state index in [0.29, 0.717) is 49.1 Å². The lowest BCUT2D eigenvalue weighted by Crippen LogP contribution is -2.17. The van der Waals surface area contributed by atoms with Gasteiger partial charge in [-0.2, -0.15) is 10.2 Å². The number of methoxy groups -OCH3 is 2. The van der Waals surface area contributed by atoms with Crippen LogP contribution in [0.15, 0.2) is 107 Å². The van der Waals surface area contributed by atoms with Crippen LogP contribution in [0.3, 0.4) is 0 Å². The fourth-order valence-corrected chi connectivity index (χ4v) is 4.81. The first-order chi connectivity index (χ1) is 24.0. The van der Waals surface area contributed by atoms with Gasteiger partial charge in [-0.3, -0.25) is 9.59 Å². The molecular formula is C39H44N4O6. The minimum Gasteiger partial charge on any atom is -0.493 e. The van der Waals surface area contributed by atoms with E-state index in [0.717, 1.165) is 54.4 Å². The van der Waals surface area contributed by atoms with Gasteiger partial charge >= 0.3 is 0 Å². The number of hydrogen-bond acceptors (Lipinski definition) is 8. The summed E-state index contributed by atoms with van der Waals surface area (Å²) in [5, 5.41) is 8.15. The van der Waals surface area contributed by atoms with E-state index in [-0.39, 0.29) is 11.8 Å². The summed E-state index contributed by atoms with van der Waals surface area (Å²) in [6.45, 7) is 0.872. The summed E-state index contributed by atoms with van der Waals surface area (Å²) in [5.74, 6) is 2.15. The summed E-state index contributed by atoms with van der Waals surface area (Å²) in [6.07, 6.45) is 8.14. The molecule has 0 saturated carbocycles. The number of hydrazone groups is 2. The molecule has 4 rings (SSSR count). The van der Waals surface area contributed by atoms with Crippen LogP contribution < -0.4 is 29.8 Å². The van der Waals surface area contributed by atoms with Crippen LogP contribution in [0.1, 0.15) is 67.2 Å². The monoisotopic (exact) mass is 664 g/mol. The lowest BCUT2D eigenvalue weighted by molar-refractivity contribution is -0.121. The van der Waals surface area contributed by atoms with Crippen molar-refractivity contribution in [2.24, 2.45) is 10.2 Å². The molecule has 0 unspecified atom stereocenters. The quantitative estimate of drug-likeness (QED) is 0.0586. The van der Waals surface area contributed by atoms with Crippen LogP contribution in [-0.4, -0.2) is 38.5 Å². The number of nitrogens with zero attached hydrogens (tertiary/aromatic N) is 2. The molecule has 0 radical (unpaired) electrons. The van der Waals surface area contributed by atoms with Crippen molar-refractivity contribution in [3.05, 3.63) is 119 Å². The van der Waals surface area contributed by atoms with Crippen LogP contribution >= 0.6 is 0 Å². The van der Waals surface area contributed by atoms with Crippen LogP contribution in [0.5, 0.6) is 23.0 Å². The number of ether oxygens (including phenoxy) is 4. The van der Waals surface area contributed by atoms with E-state index in [1.165, 1.54) is 0 Å². The van der Waals surface area contributed by atoms with Gasteiger partial charge in [0, 0.05) is 12.8 Å². The number of rotatable bonds is 20. The maximum atomic E-state index is 12.2. The first-order valence-electron chi connectivity index (χ1n) is 16.4. The van der Waals surface area contributed by atoms with Gasteiger partial charge in [0.05, 0.1) is 26.6 Å². The molecule has 2 amide bonds. The van der Waals surface area contributed by atoms with Gasteiger partial charge in [0.2, 0.25) is 11.8 Å². The van der Waals surface area contributed by atoms with Gasteiger partial charge in [-0.25, -0.2) is 10.9 Å². The standard InChI is InChI=1S/C39H44N4O6/c1-46-36-24-32(20-22-34(36)48-28-30-14-8-6-9-15-30)26-40-42-38(44)18-12-4-3-5-13-19-39(45)43-41-27-33-21-23-35(37(25-33)47-2)49-29-31-16-10-7-11-17-31/h6-11,14-17,20-27H,3-5,12-13,18-19,28-29H2,1-2H3,(H,42,44)(H,43,45)/b40-26-,41-27-. The van der Waals surface area contributed by atoms with E-state index >= 15 is 0 Å². The summed E-state index contributed by atoms with van der Waals surface area (Å²) in [4.78, 5) is 24.4. The summed E-state index contributed by atoms with van der Waals surface area (Å²) in [5.41, 5.74) is 8.84. The molecule has 2 N–H and O–H groups in total. The molecule has 0 aliphatic carbocycles. The third-order valence-electron chi connectivity index (χ3n) is 7.46. The van der Waals surface area contributed by atoms with E-state index in [4.69, 9.17) is 18.9 Å². The first kappa shape index (κ1) is 36.2. The van der Waals surface area contributed by atoms with E-state index in [2.05, 4.69) is 21.1 Å². The molecule has 0 atom stereocenters. The summed E-state index contributed by atoms with van der Waals surface area (Å²) >= 11 is 0. The SMILES string of the molecule is COc1cc(/C=N\NC(=O)CCCCCCCC(=O)N/N=C\c2ccc(OCc3ccccc3)c(OC)c2)ccc1OCc1ccccc1. The molecule has 49 heavy (non-hydrogen) atoms. The smallest absolute Gasteiger partial charge is 0.240 e. The maximum Gasteiger partial charge on any atom is 0.240 e. The van der Waals surface area contributed by atoms with E-state index in [1.54, 1.807) is 26.6 Å². The van der Waals surface area contributed by atoms with Gasteiger partial charge < -0.3 is 18.9 Å². The minimum atomic E-state index is -0.143. The Morgan fingerprint density at radius 1 is 0.551 bits per heavy atom. The van der Waals surface area contributed by atoms with Crippen LogP contribution in [-0.2, 0) is 22.8 Å². The molecule has 256 valence electrons. The molecule has 0 bridgehead atoms. The zero-order valence-corrected chi connectivity index (χ0v) is 28.1. The van der Waals surface area contributed by atoms with Crippen molar-refractivity contribution in [3.63, 3.8) is 0 Å².